The average Bonchev–Trinajstić information content (AvgIpc) is 2.99. The summed E-state index contributed by atoms with van der Waals surface area (Å²) in [6, 6.07) is 8.62. The van der Waals surface area contributed by atoms with Crippen LogP contribution < -0.4 is 4.74 Å². The van der Waals surface area contributed by atoms with E-state index in [1.807, 2.05) is 12.1 Å². The molecule has 1 aromatic carbocycles. The van der Waals surface area contributed by atoms with Crippen LogP contribution in [0.2, 0.25) is 0 Å². The maximum atomic E-state index is 5.23. The molecule has 1 heterocycles. The van der Waals surface area contributed by atoms with E-state index >= 15 is 0 Å². The molecule has 0 bridgehead atoms. The van der Waals surface area contributed by atoms with Crippen LogP contribution in [-0.4, -0.2) is 28.1 Å². The zero-order valence-corrected chi connectivity index (χ0v) is 13.4. The Bertz CT molecular complexity index is 588. The number of ether oxygens (including phenoxy) is 1. The van der Waals surface area contributed by atoms with Gasteiger partial charge < -0.3 is 4.74 Å². The van der Waals surface area contributed by atoms with Crippen LogP contribution in [0.25, 0.3) is 11.4 Å². The lowest BCUT2D eigenvalue weighted by Gasteiger charge is -2.25. The molecule has 5 heteroatoms. The molecule has 21 heavy (non-hydrogen) atoms. The van der Waals surface area contributed by atoms with Crippen LogP contribution in [0, 0.1) is 0 Å². The highest BCUT2D eigenvalue weighted by Gasteiger charge is 2.23. The van der Waals surface area contributed by atoms with Gasteiger partial charge in [-0.2, -0.15) is 0 Å². The Morgan fingerprint density at radius 3 is 2.43 bits per heavy atom. The minimum Gasteiger partial charge on any atom is -0.497 e. The summed E-state index contributed by atoms with van der Waals surface area (Å²) in [5.41, 5.74) is 1.11. The van der Waals surface area contributed by atoms with Crippen molar-refractivity contribution in [1.82, 2.24) is 14.8 Å². The predicted molar refractivity (Wildman–Crippen MR) is 85.9 cm³/mol. The number of thioether (sulfide) groups is 1. The standard InChI is InChI=1S/C16H21N3OS/c1-20-14-10-8-12(9-11-14)15-17-18-16(21-2)19(15)13-6-4-3-5-7-13/h8-11,13H,3-7H2,1-2H3. The van der Waals surface area contributed by atoms with Gasteiger partial charge in [-0.05, 0) is 43.4 Å². The molecule has 1 fully saturated rings. The Morgan fingerprint density at radius 1 is 1.10 bits per heavy atom. The smallest absolute Gasteiger partial charge is 0.191 e. The van der Waals surface area contributed by atoms with Gasteiger partial charge in [0.25, 0.3) is 0 Å². The lowest BCUT2D eigenvalue weighted by molar-refractivity contribution is 0.339. The number of hydrogen-bond acceptors (Lipinski definition) is 4. The van der Waals surface area contributed by atoms with Crippen LogP contribution in [0.5, 0.6) is 5.75 Å². The number of nitrogens with zero attached hydrogens (tertiary/aromatic N) is 3. The molecule has 0 radical (unpaired) electrons. The largest absolute Gasteiger partial charge is 0.497 e. The van der Waals surface area contributed by atoms with E-state index in [0.29, 0.717) is 6.04 Å². The molecule has 1 aliphatic rings. The Hall–Kier alpha value is -1.49. The van der Waals surface area contributed by atoms with Crippen molar-refractivity contribution < 1.29 is 4.74 Å². The normalized spacial score (nSPS) is 16.1. The van der Waals surface area contributed by atoms with Crippen molar-refractivity contribution in [2.24, 2.45) is 0 Å². The third-order valence-electron chi connectivity index (χ3n) is 4.14. The molecule has 0 unspecified atom stereocenters. The third kappa shape index (κ3) is 2.93. The monoisotopic (exact) mass is 303 g/mol. The SMILES string of the molecule is COc1ccc(-c2nnc(SC)n2C2CCCCC2)cc1. The molecule has 1 aromatic heterocycles. The van der Waals surface area contributed by atoms with Crippen molar-refractivity contribution in [3.05, 3.63) is 24.3 Å². The lowest BCUT2D eigenvalue weighted by Crippen LogP contribution is -2.15. The van der Waals surface area contributed by atoms with Crippen LogP contribution in [0.15, 0.2) is 29.4 Å². The van der Waals surface area contributed by atoms with Gasteiger partial charge in [-0.15, -0.1) is 10.2 Å². The highest BCUT2D eigenvalue weighted by atomic mass is 32.2. The fourth-order valence-corrected chi connectivity index (χ4v) is 3.58. The summed E-state index contributed by atoms with van der Waals surface area (Å²) in [5, 5.41) is 9.83. The number of aromatic nitrogens is 3. The highest BCUT2D eigenvalue weighted by molar-refractivity contribution is 7.98. The van der Waals surface area contributed by atoms with Gasteiger partial charge in [0.05, 0.1) is 7.11 Å². The number of rotatable bonds is 4. The topological polar surface area (TPSA) is 39.9 Å². The molecule has 0 aliphatic heterocycles. The van der Waals surface area contributed by atoms with Crippen molar-refractivity contribution in [3.8, 4) is 17.1 Å². The Morgan fingerprint density at radius 2 is 1.81 bits per heavy atom. The number of methoxy groups -OCH3 is 1. The van der Waals surface area contributed by atoms with Crippen molar-refractivity contribution in [2.75, 3.05) is 13.4 Å². The van der Waals surface area contributed by atoms with Gasteiger partial charge in [0, 0.05) is 11.6 Å². The van der Waals surface area contributed by atoms with Gasteiger partial charge in [0.15, 0.2) is 11.0 Å². The molecule has 0 amide bonds. The Labute approximate surface area is 129 Å². The molecule has 0 N–H and O–H groups in total. The van der Waals surface area contributed by atoms with Gasteiger partial charge in [0.1, 0.15) is 5.75 Å². The fourth-order valence-electron chi connectivity index (χ4n) is 3.02. The first-order chi connectivity index (χ1) is 10.3. The third-order valence-corrected chi connectivity index (χ3v) is 4.78. The van der Waals surface area contributed by atoms with E-state index in [1.165, 1.54) is 32.1 Å². The summed E-state index contributed by atoms with van der Waals surface area (Å²) >= 11 is 1.68. The molecule has 0 spiro atoms. The van der Waals surface area contributed by atoms with E-state index in [4.69, 9.17) is 4.74 Å². The summed E-state index contributed by atoms with van der Waals surface area (Å²) in [4.78, 5) is 0. The van der Waals surface area contributed by atoms with Gasteiger partial charge in [-0.3, -0.25) is 4.57 Å². The molecule has 0 saturated heterocycles. The second kappa shape index (κ2) is 6.52. The van der Waals surface area contributed by atoms with Crippen molar-refractivity contribution in [3.63, 3.8) is 0 Å². The maximum absolute atomic E-state index is 5.23. The van der Waals surface area contributed by atoms with E-state index in [2.05, 4.69) is 33.2 Å². The molecule has 3 rings (SSSR count). The van der Waals surface area contributed by atoms with E-state index in [1.54, 1.807) is 18.9 Å². The maximum Gasteiger partial charge on any atom is 0.191 e. The highest BCUT2D eigenvalue weighted by Crippen LogP contribution is 2.35. The molecular formula is C16H21N3OS. The Kier molecular flexibility index (Phi) is 4.48. The van der Waals surface area contributed by atoms with E-state index < -0.39 is 0 Å². The van der Waals surface area contributed by atoms with Crippen LogP contribution in [0.3, 0.4) is 0 Å². The first kappa shape index (κ1) is 14.4. The molecule has 2 aromatic rings. The van der Waals surface area contributed by atoms with Gasteiger partial charge in [-0.25, -0.2) is 0 Å². The quantitative estimate of drug-likeness (QED) is 0.794. The van der Waals surface area contributed by atoms with Crippen molar-refractivity contribution >= 4 is 11.8 Å². The van der Waals surface area contributed by atoms with Crippen LogP contribution in [0.4, 0.5) is 0 Å². The summed E-state index contributed by atoms with van der Waals surface area (Å²) < 4.78 is 7.57. The van der Waals surface area contributed by atoms with Crippen LogP contribution in [0.1, 0.15) is 38.1 Å². The van der Waals surface area contributed by atoms with Crippen molar-refractivity contribution in [1.29, 1.82) is 0 Å². The summed E-state index contributed by atoms with van der Waals surface area (Å²) in [6.07, 6.45) is 8.49. The zero-order valence-electron chi connectivity index (χ0n) is 12.6. The van der Waals surface area contributed by atoms with Crippen LogP contribution in [-0.2, 0) is 0 Å². The molecule has 112 valence electrons. The Balaban J connectivity index is 1.98. The summed E-state index contributed by atoms with van der Waals surface area (Å²) in [6.45, 7) is 0. The van der Waals surface area contributed by atoms with E-state index in [0.717, 1.165) is 22.3 Å². The van der Waals surface area contributed by atoms with Gasteiger partial charge >= 0.3 is 0 Å². The predicted octanol–water partition coefficient (Wildman–Crippen LogP) is 4.18. The molecule has 0 atom stereocenters. The minimum absolute atomic E-state index is 0.535. The average molecular weight is 303 g/mol. The molecule has 4 nitrogen and oxygen atoms in total. The molecule has 1 saturated carbocycles. The molecule has 1 aliphatic carbocycles. The summed E-state index contributed by atoms with van der Waals surface area (Å²) in [5.74, 6) is 1.85. The van der Waals surface area contributed by atoms with Gasteiger partial charge in [-0.1, -0.05) is 31.0 Å². The second-order valence-corrected chi connectivity index (χ2v) is 6.17. The minimum atomic E-state index is 0.535. The number of hydrogen-bond donors (Lipinski definition) is 0. The zero-order chi connectivity index (χ0) is 14.7. The fraction of sp³-hybridized carbons (Fsp3) is 0.500. The summed E-state index contributed by atoms with van der Waals surface area (Å²) in [7, 11) is 1.69. The van der Waals surface area contributed by atoms with Crippen LogP contribution >= 0.6 is 11.8 Å². The first-order valence-electron chi connectivity index (χ1n) is 7.47. The lowest BCUT2D eigenvalue weighted by atomic mass is 9.95. The van der Waals surface area contributed by atoms with Crippen molar-refractivity contribution in [2.45, 2.75) is 43.3 Å². The number of benzene rings is 1. The van der Waals surface area contributed by atoms with Gasteiger partial charge in [0.2, 0.25) is 0 Å². The first-order valence-corrected chi connectivity index (χ1v) is 8.69. The van der Waals surface area contributed by atoms with E-state index in [9.17, 15) is 0 Å². The molecular weight excluding hydrogens is 282 g/mol. The second-order valence-electron chi connectivity index (χ2n) is 5.40. The van der Waals surface area contributed by atoms with E-state index in [-0.39, 0.29) is 0 Å².